The van der Waals surface area contributed by atoms with Crippen molar-refractivity contribution in [2.45, 2.75) is 97.5 Å². The van der Waals surface area contributed by atoms with Crippen LogP contribution in [0.2, 0.25) is 0 Å². The van der Waals surface area contributed by atoms with E-state index in [-0.39, 0.29) is 62.3 Å². The van der Waals surface area contributed by atoms with Crippen molar-refractivity contribution in [2.75, 3.05) is 0 Å². The van der Waals surface area contributed by atoms with E-state index < -0.39 is 38.7 Å². The van der Waals surface area contributed by atoms with Crippen molar-refractivity contribution >= 4 is 22.1 Å². The Balaban J connectivity index is 1.04. The molecule has 0 bridgehead atoms. The standard InChI is InChI=1S/C66H62N4O/c1-44-36-54(27-29-56(44)51-32-34-66(3,4)35-33-51)60-40-63(59-17-11-16-57-58-28-18-45(2)70-65(58)71-64(57)59)69-43-55(60)26-23-50-38-48(21-19-46-24-30-61(67-41-46)52-12-7-5-8-13-52)37-49(39-50)22-20-47-25-31-62(68-42-47)53-14-9-6-10-15-53/h5-18,24-25,27-31,36-43,51H,19-23,26,32-35H2,1-4H3/i1D3,2D3,21D2,23D2,26D2,51D. The summed E-state index contributed by atoms with van der Waals surface area (Å²) in [5.74, 6) is -1.21. The van der Waals surface area contributed by atoms with Crippen LogP contribution in [0.4, 0.5) is 0 Å². The van der Waals surface area contributed by atoms with Crippen LogP contribution >= 0.6 is 0 Å². The van der Waals surface area contributed by atoms with E-state index in [0.717, 1.165) is 40.9 Å². The van der Waals surface area contributed by atoms with E-state index in [1.54, 1.807) is 67.0 Å². The van der Waals surface area contributed by atoms with Gasteiger partial charge in [-0.2, -0.15) is 0 Å². The first kappa shape index (κ1) is 33.2. The monoisotopic (exact) mass is 940 g/mol. The number of furan rings is 1. The Morgan fingerprint density at radius 1 is 0.549 bits per heavy atom. The maximum atomic E-state index is 10.1. The first-order chi connectivity index (χ1) is 39.7. The minimum absolute atomic E-state index is 0.0175. The van der Waals surface area contributed by atoms with Crippen LogP contribution in [-0.4, -0.2) is 19.9 Å². The lowest BCUT2D eigenvalue weighted by Gasteiger charge is -2.35. The number of aromatic nitrogens is 4. The van der Waals surface area contributed by atoms with E-state index in [1.165, 1.54) is 24.4 Å². The lowest BCUT2D eigenvalue weighted by molar-refractivity contribution is 0.224. The Bertz CT molecular complexity index is 4040. The number of fused-ring (bicyclic) bond motifs is 3. The van der Waals surface area contributed by atoms with Gasteiger partial charge in [0.15, 0.2) is 0 Å². The summed E-state index contributed by atoms with van der Waals surface area (Å²) >= 11 is 0. The number of rotatable bonds is 14. The Kier molecular flexibility index (Phi) is 9.38. The summed E-state index contributed by atoms with van der Waals surface area (Å²) in [6.07, 6.45) is -0.316. The van der Waals surface area contributed by atoms with Gasteiger partial charge in [-0.3, -0.25) is 15.0 Å². The highest BCUT2D eigenvalue weighted by Gasteiger charge is 2.28. The molecular weight excluding hydrogens is 865 g/mol. The fraction of sp³-hybridized carbons (Fsp3) is 0.242. The third kappa shape index (κ3) is 10.4. The zero-order chi connectivity index (χ0) is 59.6. The fourth-order valence-electron chi connectivity index (χ4n) is 9.64. The van der Waals surface area contributed by atoms with Crippen molar-refractivity contribution < 1.29 is 22.2 Å². The van der Waals surface area contributed by atoms with Crippen LogP contribution in [0.1, 0.15) is 113 Å². The summed E-state index contributed by atoms with van der Waals surface area (Å²) in [5, 5.41) is 1.16. The maximum Gasteiger partial charge on any atom is 0.227 e. The number of pyridine rings is 4. The van der Waals surface area contributed by atoms with Crippen molar-refractivity contribution in [1.82, 2.24) is 19.9 Å². The van der Waals surface area contributed by atoms with E-state index in [1.807, 2.05) is 84.9 Å². The second-order valence-electron chi connectivity index (χ2n) is 19.3. The summed E-state index contributed by atoms with van der Waals surface area (Å²) in [5.41, 5.74) is 6.83. The summed E-state index contributed by atoms with van der Waals surface area (Å²) in [4.78, 5) is 18.5. The maximum absolute atomic E-state index is 10.1. The van der Waals surface area contributed by atoms with Crippen LogP contribution in [0, 0.1) is 19.1 Å². The average Bonchev–Trinajstić information content (AvgIpc) is 1.43. The lowest BCUT2D eigenvalue weighted by Crippen LogP contribution is -2.20. The second kappa shape index (κ2) is 20.1. The molecular formula is C66H62N4O. The van der Waals surface area contributed by atoms with Gasteiger partial charge < -0.3 is 4.42 Å². The SMILES string of the molecule is [2H]C([2H])([2H])c1ccc2c(n1)oc1c(-c3cc(-c4ccc(C5([2H])CCC(C)(C)CC5)c(C([2H])([2H])[2H])c4)c(C([2H])([2H])C([2H])([2H])c4cc(CCc5ccc(-c6ccccc6)nc5)cc(C([2H])([2H])Cc5ccc(-c6ccccc6)nc5)c4)cn3)cccc12. The highest BCUT2D eigenvalue weighted by Crippen LogP contribution is 2.44. The van der Waals surface area contributed by atoms with Crippen LogP contribution in [0.3, 0.4) is 0 Å². The zero-order valence-electron chi connectivity index (χ0n) is 52.9. The quantitative estimate of drug-likeness (QED) is 0.109. The van der Waals surface area contributed by atoms with E-state index in [4.69, 9.17) is 22.6 Å². The molecule has 0 amide bonds. The molecule has 5 heteroatoms. The molecule has 0 atom stereocenters. The highest BCUT2D eigenvalue weighted by molar-refractivity contribution is 6.08. The molecule has 5 aromatic carbocycles. The Morgan fingerprint density at radius 2 is 1.23 bits per heavy atom. The molecule has 0 N–H and O–H groups in total. The van der Waals surface area contributed by atoms with Gasteiger partial charge in [0.2, 0.25) is 5.71 Å². The van der Waals surface area contributed by atoms with Crippen LogP contribution in [0.5, 0.6) is 0 Å². The van der Waals surface area contributed by atoms with Gasteiger partial charge in [-0.25, -0.2) is 4.98 Å². The number of aryl methyl sites for hydroxylation is 8. The smallest absolute Gasteiger partial charge is 0.227 e. The largest absolute Gasteiger partial charge is 0.437 e. The lowest BCUT2D eigenvalue weighted by atomic mass is 9.70. The molecule has 11 rings (SSSR count). The third-order valence-corrected chi connectivity index (χ3v) is 13.8. The third-order valence-electron chi connectivity index (χ3n) is 13.8. The molecule has 5 aromatic heterocycles. The number of hydrogen-bond donors (Lipinski definition) is 0. The zero-order valence-corrected chi connectivity index (χ0v) is 39.9. The van der Waals surface area contributed by atoms with Crippen LogP contribution in [-0.2, 0) is 38.4 Å². The Morgan fingerprint density at radius 3 is 1.92 bits per heavy atom. The number of benzene rings is 5. The van der Waals surface area contributed by atoms with Gasteiger partial charge in [0, 0.05) is 69.6 Å². The topological polar surface area (TPSA) is 64.7 Å². The van der Waals surface area contributed by atoms with Crippen molar-refractivity contribution in [3.05, 3.63) is 227 Å². The molecule has 1 saturated carbocycles. The number of nitrogens with zero attached hydrogens (tertiary/aromatic N) is 4. The molecule has 352 valence electrons. The van der Waals surface area contributed by atoms with E-state index in [9.17, 15) is 9.60 Å². The fourth-order valence-corrected chi connectivity index (χ4v) is 9.64. The summed E-state index contributed by atoms with van der Waals surface area (Å²) in [7, 11) is 0. The summed E-state index contributed by atoms with van der Waals surface area (Å²) < 4.78 is 126. The van der Waals surface area contributed by atoms with E-state index >= 15 is 0 Å². The minimum Gasteiger partial charge on any atom is -0.437 e. The van der Waals surface area contributed by atoms with Gasteiger partial charge in [-0.05, 0) is 181 Å². The highest BCUT2D eigenvalue weighted by atomic mass is 16.3. The van der Waals surface area contributed by atoms with Gasteiger partial charge >= 0.3 is 0 Å². The van der Waals surface area contributed by atoms with Gasteiger partial charge in [0.25, 0.3) is 0 Å². The van der Waals surface area contributed by atoms with E-state index in [2.05, 4.69) is 23.8 Å². The van der Waals surface area contributed by atoms with Crippen molar-refractivity contribution in [2.24, 2.45) is 5.41 Å². The molecule has 5 nitrogen and oxygen atoms in total. The normalized spacial score (nSPS) is 17.9. The molecule has 0 spiro atoms. The van der Waals surface area contributed by atoms with Crippen LogP contribution in [0.15, 0.2) is 181 Å². The molecule has 0 unspecified atom stereocenters. The molecule has 71 heavy (non-hydrogen) atoms. The molecule has 1 fully saturated rings. The van der Waals surface area contributed by atoms with Crippen LogP contribution in [0.25, 0.3) is 67.0 Å². The van der Waals surface area contributed by atoms with Crippen molar-refractivity contribution in [3.8, 4) is 44.9 Å². The molecule has 5 heterocycles. The molecule has 1 aliphatic rings. The first-order valence-electron chi connectivity index (χ1n) is 30.8. The first-order valence-corrected chi connectivity index (χ1v) is 24.3. The molecule has 1 aliphatic carbocycles. The summed E-state index contributed by atoms with van der Waals surface area (Å²) in [6.45, 7) is -0.912. The van der Waals surface area contributed by atoms with Crippen molar-refractivity contribution in [3.63, 3.8) is 0 Å². The predicted molar refractivity (Wildman–Crippen MR) is 293 cm³/mol. The molecule has 10 aromatic rings. The molecule has 0 radical (unpaired) electrons. The Hall–Kier alpha value is -7.50. The van der Waals surface area contributed by atoms with Gasteiger partial charge in [-0.1, -0.05) is 135 Å². The molecule has 0 aliphatic heterocycles. The Labute approximate surface area is 437 Å². The average molecular weight is 940 g/mol. The van der Waals surface area contributed by atoms with Gasteiger partial charge in [0.05, 0.1) is 17.1 Å². The number of para-hydroxylation sites is 1. The molecule has 0 saturated heterocycles. The second-order valence-corrected chi connectivity index (χ2v) is 19.3. The van der Waals surface area contributed by atoms with Gasteiger partial charge in [0.1, 0.15) is 5.58 Å². The van der Waals surface area contributed by atoms with Crippen molar-refractivity contribution in [1.29, 1.82) is 0 Å². The number of hydrogen-bond acceptors (Lipinski definition) is 5. The summed E-state index contributed by atoms with van der Waals surface area (Å²) in [6, 6.07) is 46.5. The predicted octanol–water partition coefficient (Wildman–Crippen LogP) is 16.5. The van der Waals surface area contributed by atoms with Gasteiger partial charge in [-0.15, -0.1) is 0 Å². The van der Waals surface area contributed by atoms with Crippen LogP contribution < -0.4 is 0 Å². The van der Waals surface area contributed by atoms with E-state index in [0.29, 0.717) is 64.3 Å². The minimum atomic E-state index is -2.96.